The van der Waals surface area contributed by atoms with Crippen molar-refractivity contribution in [1.29, 1.82) is 0 Å². The summed E-state index contributed by atoms with van der Waals surface area (Å²) in [6, 6.07) is 12.0. The van der Waals surface area contributed by atoms with E-state index in [2.05, 4.69) is 15.2 Å². The highest BCUT2D eigenvalue weighted by molar-refractivity contribution is 7.88. The Bertz CT molecular complexity index is 1960. The van der Waals surface area contributed by atoms with Crippen LogP contribution in [0, 0.1) is 0 Å². The molecule has 41 heavy (non-hydrogen) atoms. The predicted molar refractivity (Wildman–Crippen MR) is 149 cm³/mol. The van der Waals surface area contributed by atoms with Crippen LogP contribution in [0.25, 0.3) is 22.3 Å². The van der Waals surface area contributed by atoms with Crippen LogP contribution < -0.4 is 16.4 Å². The van der Waals surface area contributed by atoms with E-state index < -0.39 is 15.9 Å². The van der Waals surface area contributed by atoms with Crippen LogP contribution in [0.2, 0.25) is 0 Å². The number of carbonyl (C=O) groups is 2. The van der Waals surface area contributed by atoms with Crippen molar-refractivity contribution in [2.45, 2.75) is 13.0 Å². The highest BCUT2D eigenvalue weighted by atomic mass is 32.2. The first-order chi connectivity index (χ1) is 19.5. The van der Waals surface area contributed by atoms with Crippen LogP contribution in [0.15, 0.2) is 59.4 Å². The minimum atomic E-state index is -3.38. The van der Waals surface area contributed by atoms with Gasteiger partial charge < -0.3 is 25.5 Å². The first kappa shape index (κ1) is 26.2. The maximum absolute atomic E-state index is 13.9. The lowest BCUT2D eigenvalue weighted by molar-refractivity contribution is 0.0979. The van der Waals surface area contributed by atoms with E-state index >= 15 is 0 Å². The molecule has 4 N–H and O–H groups in total. The second-order valence-electron chi connectivity index (χ2n) is 9.69. The summed E-state index contributed by atoms with van der Waals surface area (Å²) in [6.07, 6.45) is 5.09. The van der Waals surface area contributed by atoms with Crippen molar-refractivity contribution >= 4 is 44.3 Å². The summed E-state index contributed by atoms with van der Waals surface area (Å²) in [7, 11) is -1.89. The quantitative estimate of drug-likeness (QED) is 0.290. The van der Waals surface area contributed by atoms with Gasteiger partial charge in [0, 0.05) is 43.4 Å². The number of primary amides is 1. The van der Waals surface area contributed by atoms with E-state index in [1.165, 1.54) is 22.1 Å². The number of hydrogen-bond donors (Lipinski definition) is 2. The number of fused-ring (bicyclic) bond motifs is 2. The molecule has 3 aromatic heterocycles. The maximum Gasteiger partial charge on any atom is 0.277 e. The lowest BCUT2D eigenvalue weighted by Gasteiger charge is -2.19. The summed E-state index contributed by atoms with van der Waals surface area (Å²) >= 11 is 0. The van der Waals surface area contributed by atoms with E-state index in [1.54, 1.807) is 35.5 Å². The Morgan fingerprint density at radius 3 is 2.66 bits per heavy atom. The molecule has 0 saturated heterocycles. The number of carbonyl (C=O) groups excluding carboxylic acids is 2. The van der Waals surface area contributed by atoms with Gasteiger partial charge in [-0.05, 0) is 48.4 Å². The molecule has 2 amide bonds. The van der Waals surface area contributed by atoms with Gasteiger partial charge in [-0.3, -0.25) is 9.59 Å². The highest BCUT2D eigenvalue weighted by Crippen LogP contribution is 2.32. The molecule has 0 spiro atoms. The molecule has 2 aromatic carbocycles. The van der Waals surface area contributed by atoms with Crippen LogP contribution in [0.5, 0.6) is 0 Å². The van der Waals surface area contributed by atoms with Crippen molar-refractivity contribution in [1.82, 2.24) is 28.8 Å². The third-order valence-electron chi connectivity index (χ3n) is 7.04. The fraction of sp³-hybridized carbons (Fsp3) is 0.192. The van der Waals surface area contributed by atoms with Crippen LogP contribution in [0.4, 0.5) is 11.5 Å². The molecule has 6 rings (SSSR count). The smallest absolute Gasteiger partial charge is 0.277 e. The molecule has 0 fully saturated rings. The van der Waals surface area contributed by atoms with Crippen molar-refractivity contribution in [3.05, 3.63) is 77.6 Å². The maximum atomic E-state index is 13.9. The molecule has 1 aliphatic rings. The van der Waals surface area contributed by atoms with Crippen molar-refractivity contribution in [3.8, 4) is 11.4 Å². The number of rotatable bonds is 7. The van der Waals surface area contributed by atoms with Gasteiger partial charge in [-0.15, -0.1) is 0 Å². The van der Waals surface area contributed by atoms with Gasteiger partial charge >= 0.3 is 0 Å². The third-order valence-corrected chi connectivity index (χ3v) is 8.30. The van der Waals surface area contributed by atoms with E-state index in [0.717, 1.165) is 17.5 Å². The molecule has 1 aliphatic heterocycles. The summed E-state index contributed by atoms with van der Waals surface area (Å²) in [5, 5.41) is 8.59. The third kappa shape index (κ3) is 4.60. The Balaban J connectivity index is 1.34. The van der Waals surface area contributed by atoms with Gasteiger partial charge in [0.15, 0.2) is 17.1 Å². The van der Waals surface area contributed by atoms with Gasteiger partial charge in [0.2, 0.25) is 10.0 Å². The van der Waals surface area contributed by atoms with Crippen molar-refractivity contribution < 1.29 is 22.5 Å². The Labute approximate surface area is 233 Å². The van der Waals surface area contributed by atoms with E-state index in [1.807, 2.05) is 22.8 Å². The summed E-state index contributed by atoms with van der Waals surface area (Å²) < 4.78 is 33.4. The highest BCUT2D eigenvalue weighted by Gasteiger charge is 2.30. The Kier molecular flexibility index (Phi) is 6.12. The summed E-state index contributed by atoms with van der Waals surface area (Å²) in [5.74, 6) is -0.400. The van der Waals surface area contributed by atoms with Crippen molar-refractivity contribution in [3.63, 3.8) is 0 Å². The first-order valence-corrected chi connectivity index (χ1v) is 14.3. The number of amides is 2. The molecule has 0 aliphatic carbocycles. The van der Waals surface area contributed by atoms with Crippen molar-refractivity contribution in [2.24, 2.45) is 5.73 Å². The van der Waals surface area contributed by atoms with Crippen LogP contribution in [-0.4, -0.2) is 68.9 Å². The number of hydrogen-bond acceptors (Lipinski definition) is 9. The zero-order valence-corrected chi connectivity index (χ0v) is 22.9. The van der Waals surface area contributed by atoms with Crippen LogP contribution in [-0.2, 0) is 23.0 Å². The molecule has 210 valence electrons. The molecule has 0 bridgehead atoms. The number of nitrogens with zero attached hydrogens (tertiary/aromatic N) is 7. The van der Waals surface area contributed by atoms with Gasteiger partial charge in [-0.1, -0.05) is 5.16 Å². The Morgan fingerprint density at radius 1 is 1.12 bits per heavy atom. The lowest BCUT2D eigenvalue weighted by Crippen LogP contribution is -2.30. The van der Waals surface area contributed by atoms with Gasteiger partial charge in [0.1, 0.15) is 11.5 Å². The number of aromatic nitrogens is 5. The molecular weight excluding hydrogens is 550 g/mol. The lowest BCUT2D eigenvalue weighted by atomic mass is 10.1. The van der Waals surface area contributed by atoms with E-state index in [9.17, 15) is 18.0 Å². The molecular formula is C26H25N9O5S. The zero-order chi connectivity index (χ0) is 29.1. The number of benzene rings is 2. The number of nitrogen functional groups attached to an aromatic ring is 1. The standard InChI is InChI=1S/C26H25N9O5S/c1-32(41(2,38)39)14-23-29-8-10-33(23)16-3-5-20-15(11-16)7-9-34(20)26(37)21-13-19(25(28)36)30-35(21)17-4-6-22-18(12-17)24(27)31-40-22/h3-6,8,10-13H,7,9,14H2,1-2H3,(H2,27,31)(H2,28,36). The number of imidazole rings is 1. The Hall–Kier alpha value is -5.02. The minimum Gasteiger partial charge on any atom is -0.380 e. The number of sulfonamides is 1. The molecule has 4 heterocycles. The molecule has 0 atom stereocenters. The van der Waals surface area contributed by atoms with Gasteiger partial charge in [0.05, 0.1) is 23.9 Å². The molecule has 0 saturated carbocycles. The molecule has 0 radical (unpaired) electrons. The fourth-order valence-electron chi connectivity index (χ4n) is 4.82. The van der Waals surface area contributed by atoms with Gasteiger partial charge in [-0.2, -0.15) is 9.40 Å². The normalized spacial score (nSPS) is 13.3. The summed E-state index contributed by atoms with van der Waals surface area (Å²) in [6.45, 7) is 0.506. The number of anilines is 2. The van der Waals surface area contributed by atoms with E-state index in [0.29, 0.717) is 41.1 Å². The molecule has 5 aromatic rings. The average molecular weight is 576 g/mol. The van der Waals surface area contributed by atoms with E-state index in [4.69, 9.17) is 16.0 Å². The molecule has 14 nitrogen and oxygen atoms in total. The summed E-state index contributed by atoms with van der Waals surface area (Å²) in [4.78, 5) is 31.8. The fourth-order valence-corrected chi connectivity index (χ4v) is 5.17. The van der Waals surface area contributed by atoms with Gasteiger partial charge in [-0.25, -0.2) is 18.1 Å². The monoisotopic (exact) mass is 575 g/mol. The topological polar surface area (TPSA) is 188 Å². The SMILES string of the molecule is CN(Cc1nccn1-c1ccc2c(c1)CCN2C(=O)c1cc(C(N)=O)nn1-c1ccc2onc(N)c2c1)S(C)(=O)=O. The van der Waals surface area contributed by atoms with Crippen molar-refractivity contribution in [2.75, 3.05) is 30.5 Å². The summed E-state index contributed by atoms with van der Waals surface area (Å²) in [5.41, 5.74) is 14.9. The second-order valence-corrected chi connectivity index (χ2v) is 11.8. The van der Waals surface area contributed by atoms with Gasteiger partial charge in [0.25, 0.3) is 11.8 Å². The first-order valence-electron chi connectivity index (χ1n) is 12.4. The van der Waals surface area contributed by atoms with E-state index in [-0.39, 0.29) is 29.7 Å². The average Bonchev–Trinajstić information content (AvgIpc) is 3.73. The largest absolute Gasteiger partial charge is 0.380 e. The molecule has 0 unspecified atom stereocenters. The van der Waals surface area contributed by atoms with Crippen LogP contribution in [0.3, 0.4) is 0 Å². The second kappa shape index (κ2) is 9.57. The molecule has 15 heteroatoms. The van der Waals surface area contributed by atoms with Crippen LogP contribution in [0.1, 0.15) is 32.4 Å². The Morgan fingerprint density at radius 2 is 1.90 bits per heavy atom. The predicted octanol–water partition coefficient (Wildman–Crippen LogP) is 1.47. The zero-order valence-electron chi connectivity index (χ0n) is 22.1. The van der Waals surface area contributed by atoms with Crippen LogP contribution >= 0.6 is 0 Å². The number of nitrogens with two attached hydrogens (primary N) is 2. The minimum absolute atomic E-state index is 0.0618.